The Morgan fingerprint density at radius 2 is 2.00 bits per heavy atom. The number of aliphatic carboxylic acids is 1. The molecule has 1 aromatic carbocycles. The highest BCUT2D eigenvalue weighted by molar-refractivity contribution is 5.83. The molecule has 0 aromatic heterocycles. The minimum atomic E-state index is -1.15. The van der Waals surface area contributed by atoms with Crippen molar-refractivity contribution in [2.45, 2.75) is 6.04 Å². The normalized spacial score (nSPS) is 11.4. The molecule has 1 aromatic rings. The van der Waals surface area contributed by atoms with Gasteiger partial charge >= 0.3 is 12.0 Å². The number of carboxylic acids is 1. The number of hydrogen-bond donors (Lipinski definition) is 3. The Balaban J connectivity index is 2.82. The number of carbonyl (C=O) groups excluding carboxylic acids is 1. The van der Waals surface area contributed by atoms with Gasteiger partial charge in [0.1, 0.15) is 0 Å². The monoisotopic (exact) mass is 278 g/mol. The molecular formula is C14H18N2O4. The van der Waals surface area contributed by atoms with Crippen LogP contribution in [0.4, 0.5) is 4.79 Å². The molecule has 0 radical (unpaired) electrons. The molecule has 0 aliphatic carbocycles. The van der Waals surface area contributed by atoms with Gasteiger partial charge < -0.3 is 20.4 Å². The highest BCUT2D eigenvalue weighted by atomic mass is 16.4. The lowest BCUT2D eigenvalue weighted by atomic mass is 10.1. The fourth-order valence-corrected chi connectivity index (χ4v) is 1.70. The summed E-state index contributed by atoms with van der Waals surface area (Å²) in [4.78, 5) is 24.6. The summed E-state index contributed by atoms with van der Waals surface area (Å²) in [5.74, 6) is -1.15. The van der Waals surface area contributed by atoms with Crippen molar-refractivity contribution < 1.29 is 19.8 Å². The van der Waals surface area contributed by atoms with E-state index in [1.807, 2.05) is 0 Å². The summed E-state index contributed by atoms with van der Waals surface area (Å²) in [6.45, 7) is 3.65. The number of hydrogen-bond acceptors (Lipinski definition) is 3. The number of urea groups is 1. The molecule has 0 fully saturated rings. The minimum absolute atomic E-state index is 0.110. The van der Waals surface area contributed by atoms with Crippen LogP contribution in [0.3, 0.4) is 0 Å². The first kappa shape index (κ1) is 15.7. The van der Waals surface area contributed by atoms with E-state index in [1.54, 1.807) is 30.3 Å². The zero-order valence-corrected chi connectivity index (χ0v) is 11.0. The van der Waals surface area contributed by atoms with E-state index in [1.165, 1.54) is 11.0 Å². The van der Waals surface area contributed by atoms with Crippen molar-refractivity contribution >= 4 is 12.0 Å². The molecule has 0 heterocycles. The summed E-state index contributed by atoms with van der Waals surface area (Å²) < 4.78 is 0. The molecule has 0 aliphatic heterocycles. The van der Waals surface area contributed by atoms with E-state index >= 15 is 0 Å². The first-order chi connectivity index (χ1) is 9.60. The molecule has 2 amide bonds. The molecule has 1 rings (SSSR count). The number of nitrogens with one attached hydrogen (secondary N) is 1. The summed E-state index contributed by atoms with van der Waals surface area (Å²) in [7, 11) is 0. The van der Waals surface area contributed by atoms with E-state index in [2.05, 4.69) is 11.9 Å². The first-order valence-electron chi connectivity index (χ1n) is 6.15. The number of rotatable bonds is 7. The molecule has 3 N–H and O–H groups in total. The van der Waals surface area contributed by atoms with E-state index in [4.69, 9.17) is 5.11 Å². The molecule has 6 nitrogen and oxygen atoms in total. The molecule has 20 heavy (non-hydrogen) atoms. The number of nitrogens with zero attached hydrogens (tertiary/aromatic N) is 1. The van der Waals surface area contributed by atoms with Gasteiger partial charge in [-0.05, 0) is 5.56 Å². The van der Waals surface area contributed by atoms with E-state index in [0.717, 1.165) is 0 Å². The Hall–Kier alpha value is -2.34. The second-order valence-corrected chi connectivity index (χ2v) is 4.09. The van der Waals surface area contributed by atoms with Crippen LogP contribution in [-0.4, -0.2) is 46.8 Å². The minimum Gasteiger partial charge on any atom is -0.479 e. The smallest absolute Gasteiger partial charge is 0.330 e. The Bertz CT molecular complexity index is 462. The summed E-state index contributed by atoms with van der Waals surface area (Å²) in [5, 5.41) is 20.5. The van der Waals surface area contributed by atoms with Gasteiger partial charge in [0, 0.05) is 13.1 Å². The SMILES string of the molecule is C=CCN(CCO)C(=O)NC(C(=O)O)c1ccccc1. The average Bonchev–Trinajstić information content (AvgIpc) is 2.45. The number of aliphatic hydroxyl groups excluding tert-OH is 1. The van der Waals surface area contributed by atoms with Crippen LogP contribution in [-0.2, 0) is 4.79 Å². The van der Waals surface area contributed by atoms with Gasteiger partial charge in [0.15, 0.2) is 6.04 Å². The van der Waals surface area contributed by atoms with E-state index in [9.17, 15) is 14.7 Å². The Kier molecular flexibility index (Phi) is 6.25. The molecule has 0 saturated heterocycles. The lowest BCUT2D eigenvalue weighted by Crippen LogP contribution is -2.44. The zero-order chi connectivity index (χ0) is 15.0. The molecule has 0 saturated carbocycles. The van der Waals surface area contributed by atoms with E-state index < -0.39 is 18.0 Å². The topological polar surface area (TPSA) is 89.9 Å². The summed E-state index contributed by atoms with van der Waals surface area (Å²) >= 11 is 0. The fraction of sp³-hybridized carbons (Fsp3) is 0.286. The average molecular weight is 278 g/mol. The maximum atomic E-state index is 12.0. The molecular weight excluding hydrogens is 260 g/mol. The van der Waals surface area contributed by atoms with Crippen LogP contribution >= 0.6 is 0 Å². The van der Waals surface area contributed by atoms with Crippen molar-refractivity contribution in [2.24, 2.45) is 0 Å². The number of benzene rings is 1. The van der Waals surface area contributed by atoms with Crippen molar-refractivity contribution in [3.8, 4) is 0 Å². The van der Waals surface area contributed by atoms with E-state index in [0.29, 0.717) is 5.56 Å². The van der Waals surface area contributed by atoms with Gasteiger partial charge in [-0.2, -0.15) is 0 Å². The third-order valence-electron chi connectivity index (χ3n) is 2.65. The van der Waals surface area contributed by atoms with Gasteiger partial charge in [0.25, 0.3) is 0 Å². The molecule has 6 heteroatoms. The van der Waals surface area contributed by atoms with Gasteiger partial charge in [-0.3, -0.25) is 0 Å². The number of carboxylic acid groups (broad SMARTS) is 1. The van der Waals surface area contributed by atoms with Crippen molar-refractivity contribution in [2.75, 3.05) is 19.7 Å². The first-order valence-corrected chi connectivity index (χ1v) is 6.15. The van der Waals surface area contributed by atoms with Crippen molar-refractivity contribution in [1.82, 2.24) is 10.2 Å². The lowest BCUT2D eigenvalue weighted by molar-refractivity contribution is -0.139. The zero-order valence-electron chi connectivity index (χ0n) is 11.0. The standard InChI is InChI=1S/C14H18N2O4/c1-2-8-16(9-10-17)14(20)15-12(13(18)19)11-6-4-3-5-7-11/h2-7,12,17H,1,8-10H2,(H,15,20)(H,18,19). The molecule has 1 unspecified atom stereocenters. The van der Waals surface area contributed by atoms with Crippen LogP contribution in [0, 0.1) is 0 Å². The van der Waals surface area contributed by atoms with Crippen LogP contribution in [0.25, 0.3) is 0 Å². The fourth-order valence-electron chi connectivity index (χ4n) is 1.70. The van der Waals surface area contributed by atoms with Crippen molar-refractivity contribution in [3.05, 3.63) is 48.6 Å². The van der Waals surface area contributed by atoms with Crippen LogP contribution in [0.1, 0.15) is 11.6 Å². The molecule has 1 atom stereocenters. The quantitative estimate of drug-likeness (QED) is 0.649. The summed E-state index contributed by atoms with van der Waals surface area (Å²) in [6, 6.07) is 6.73. The largest absolute Gasteiger partial charge is 0.479 e. The number of carbonyl (C=O) groups is 2. The lowest BCUT2D eigenvalue weighted by Gasteiger charge is -2.23. The van der Waals surface area contributed by atoms with Crippen LogP contribution < -0.4 is 5.32 Å². The van der Waals surface area contributed by atoms with Crippen LogP contribution in [0.2, 0.25) is 0 Å². The van der Waals surface area contributed by atoms with E-state index in [-0.39, 0.29) is 19.7 Å². The molecule has 108 valence electrons. The number of aliphatic hydroxyl groups is 1. The van der Waals surface area contributed by atoms with Crippen LogP contribution in [0.5, 0.6) is 0 Å². The third kappa shape index (κ3) is 4.40. The predicted octanol–water partition coefficient (Wildman–Crippen LogP) is 1.00. The Morgan fingerprint density at radius 3 is 2.50 bits per heavy atom. The maximum Gasteiger partial charge on any atom is 0.330 e. The second-order valence-electron chi connectivity index (χ2n) is 4.09. The van der Waals surface area contributed by atoms with Crippen molar-refractivity contribution in [1.29, 1.82) is 0 Å². The van der Waals surface area contributed by atoms with Gasteiger partial charge in [0.2, 0.25) is 0 Å². The highest BCUT2D eigenvalue weighted by Crippen LogP contribution is 2.13. The molecule has 0 bridgehead atoms. The predicted molar refractivity (Wildman–Crippen MR) is 74.2 cm³/mol. The highest BCUT2D eigenvalue weighted by Gasteiger charge is 2.24. The Labute approximate surface area is 117 Å². The Morgan fingerprint density at radius 1 is 1.35 bits per heavy atom. The second kappa shape index (κ2) is 7.96. The van der Waals surface area contributed by atoms with Gasteiger partial charge in [-0.15, -0.1) is 6.58 Å². The van der Waals surface area contributed by atoms with Crippen molar-refractivity contribution in [3.63, 3.8) is 0 Å². The summed E-state index contributed by atoms with van der Waals surface area (Å²) in [5.41, 5.74) is 0.482. The summed E-state index contributed by atoms with van der Waals surface area (Å²) in [6.07, 6.45) is 1.51. The molecule has 0 spiro atoms. The van der Waals surface area contributed by atoms with Crippen LogP contribution in [0.15, 0.2) is 43.0 Å². The van der Waals surface area contributed by atoms with Gasteiger partial charge in [0.05, 0.1) is 6.61 Å². The third-order valence-corrected chi connectivity index (χ3v) is 2.65. The number of amides is 2. The van der Waals surface area contributed by atoms with Gasteiger partial charge in [-0.25, -0.2) is 9.59 Å². The van der Waals surface area contributed by atoms with Gasteiger partial charge in [-0.1, -0.05) is 36.4 Å². The maximum absolute atomic E-state index is 12.0. The molecule has 0 aliphatic rings.